The first-order chi connectivity index (χ1) is 11.3. The molecule has 1 aromatic carbocycles. The molecule has 2 bridgehead atoms. The molecule has 23 heavy (non-hydrogen) atoms. The lowest BCUT2D eigenvalue weighted by Crippen LogP contribution is -2.38. The summed E-state index contributed by atoms with van der Waals surface area (Å²) in [5.74, 6) is 1.62. The zero-order chi connectivity index (χ0) is 15.8. The zero-order valence-corrected chi connectivity index (χ0v) is 13.6. The monoisotopic (exact) mass is 312 g/mol. The number of nitrogens with one attached hydrogen (secondary N) is 1. The molecule has 1 heterocycles. The van der Waals surface area contributed by atoms with Crippen molar-refractivity contribution < 1.29 is 9.53 Å². The van der Waals surface area contributed by atoms with Crippen molar-refractivity contribution in [3.63, 3.8) is 0 Å². The Hall–Kier alpha value is -1.81. The molecule has 1 amide bonds. The average Bonchev–Trinajstić information content (AvgIpc) is 3.26. The molecule has 4 nitrogen and oxygen atoms in total. The van der Waals surface area contributed by atoms with Gasteiger partial charge in [0.25, 0.3) is 5.91 Å². The van der Waals surface area contributed by atoms with Crippen LogP contribution >= 0.6 is 0 Å². The van der Waals surface area contributed by atoms with Crippen LogP contribution in [0.25, 0.3) is 10.9 Å². The van der Waals surface area contributed by atoms with Crippen LogP contribution in [0.3, 0.4) is 0 Å². The summed E-state index contributed by atoms with van der Waals surface area (Å²) in [5.41, 5.74) is 1.89. The highest BCUT2D eigenvalue weighted by molar-refractivity contribution is 6.07. The second-order valence-corrected chi connectivity index (χ2v) is 7.00. The molecule has 2 aromatic rings. The lowest BCUT2D eigenvalue weighted by atomic mass is 9.95. The van der Waals surface area contributed by atoms with Crippen molar-refractivity contribution in [3.8, 4) is 0 Å². The van der Waals surface area contributed by atoms with Crippen molar-refractivity contribution >= 4 is 16.8 Å². The van der Waals surface area contributed by atoms with Gasteiger partial charge in [0.2, 0.25) is 0 Å². The van der Waals surface area contributed by atoms with E-state index in [0.29, 0.717) is 18.6 Å². The first kappa shape index (κ1) is 14.8. The maximum atomic E-state index is 12.8. The normalized spacial score (nSPS) is 26.0. The van der Waals surface area contributed by atoms with E-state index in [2.05, 4.69) is 16.0 Å². The number of methoxy groups -OCH3 is 1. The predicted molar refractivity (Wildman–Crippen MR) is 90.5 cm³/mol. The molecule has 2 fully saturated rings. The van der Waals surface area contributed by atoms with Gasteiger partial charge < -0.3 is 14.6 Å². The summed E-state index contributed by atoms with van der Waals surface area (Å²) < 4.78 is 7.30. The zero-order valence-electron chi connectivity index (χ0n) is 13.6. The molecule has 2 saturated carbocycles. The van der Waals surface area contributed by atoms with Crippen molar-refractivity contribution in [2.75, 3.05) is 13.7 Å². The first-order valence-corrected chi connectivity index (χ1v) is 8.64. The van der Waals surface area contributed by atoms with E-state index in [1.165, 1.54) is 25.7 Å². The summed E-state index contributed by atoms with van der Waals surface area (Å²) in [6.45, 7) is 1.41. The number of amides is 1. The van der Waals surface area contributed by atoms with Crippen molar-refractivity contribution in [1.82, 2.24) is 9.88 Å². The minimum atomic E-state index is 0.0786. The first-order valence-electron chi connectivity index (χ1n) is 8.64. The van der Waals surface area contributed by atoms with E-state index in [1.807, 2.05) is 24.4 Å². The molecule has 0 spiro atoms. The number of carbonyl (C=O) groups excluding carboxylic acids is 1. The third kappa shape index (κ3) is 2.65. The molecule has 122 valence electrons. The van der Waals surface area contributed by atoms with E-state index in [4.69, 9.17) is 4.74 Å². The van der Waals surface area contributed by atoms with Gasteiger partial charge in [-0.2, -0.15) is 0 Å². The summed E-state index contributed by atoms with van der Waals surface area (Å²) >= 11 is 0. The summed E-state index contributed by atoms with van der Waals surface area (Å²) in [6.07, 6.45) is 7.09. The molecule has 1 aromatic heterocycles. The molecule has 4 heteroatoms. The highest BCUT2D eigenvalue weighted by Gasteiger charge is 2.40. The molecule has 3 atom stereocenters. The molecule has 2 aliphatic rings. The summed E-state index contributed by atoms with van der Waals surface area (Å²) in [7, 11) is 1.70. The van der Waals surface area contributed by atoms with Gasteiger partial charge in [0.05, 0.1) is 12.2 Å². The van der Waals surface area contributed by atoms with Crippen LogP contribution in [0.15, 0.2) is 30.5 Å². The number of fused-ring (bicyclic) bond motifs is 3. The molecular formula is C19H24N2O2. The van der Waals surface area contributed by atoms with Gasteiger partial charge >= 0.3 is 0 Å². The van der Waals surface area contributed by atoms with Crippen LogP contribution in [0.4, 0.5) is 0 Å². The number of nitrogens with zero attached hydrogens (tertiary/aromatic N) is 1. The Morgan fingerprint density at radius 1 is 1.30 bits per heavy atom. The number of rotatable bonds is 5. The Morgan fingerprint density at radius 2 is 2.17 bits per heavy atom. The predicted octanol–water partition coefficient (Wildman–Crippen LogP) is 3.21. The second-order valence-electron chi connectivity index (χ2n) is 7.00. The van der Waals surface area contributed by atoms with Crippen LogP contribution in [-0.4, -0.2) is 30.2 Å². The van der Waals surface area contributed by atoms with E-state index >= 15 is 0 Å². The van der Waals surface area contributed by atoms with Crippen LogP contribution in [0.2, 0.25) is 0 Å². The van der Waals surface area contributed by atoms with Crippen LogP contribution < -0.4 is 5.32 Å². The Morgan fingerprint density at radius 3 is 2.91 bits per heavy atom. The van der Waals surface area contributed by atoms with Crippen molar-refractivity contribution in [2.45, 2.75) is 38.3 Å². The van der Waals surface area contributed by atoms with Gasteiger partial charge in [-0.05, 0) is 37.2 Å². The Balaban J connectivity index is 1.59. The molecule has 4 rings (SSSR count). The maximum absolute atomic E-state index is 12.8. The lowest BCUT2D eigenvalue weighted by Gasteiger charge is -2.22. The topological polar surface area (TPSA) is 43.3 Å². The highest BCUT2D eigenvalue weighted by atomic mass is 16.5. The minimum absolute atomic E-state index is 0.0786. The fourth-order valence-corrected chi connectivity index (χ4v) is 4.47. The summed E-state index contributed by atoms with van der Waals surface area (Å²) in [6, 6.07) is 8.50. The number of benzene rings is 1. The summed E-state index contributed by atoms with van der Waals surface area (Å²) in [5, 5.41) is 4.34. The van der Waals surface area contributed by atoms with Crippen molar-refractivity contribution in [1.29, 1.82) is 0 Å². The molecule has 0 aliphatic heterocycles. The molecule has 2 aliphatic carbocycles. The van der Waals surface area contributed by atoms with Gasteiger partial charge in [-0.3, -0.25) is 4.79 Å². The smallest absolute Gasteiger partial charge is 0.253 e. The van der Waals surface area contributed by atoms with E-state index in [0.717, 1.165) is 28.9 Å². The number of para-hydroxylation sites is 1. The fraction of sp³-hybridized carbons (Fsp3) is 0.526. The standard InChI is InChI=1S/C19H24N2O2/c1-23-9-8-21-12-16(15-4-2-3-5-18(15)21)19(22)20-17-11-13-6-7-14(17)10-13/h2-5,12-14,17H,6-11H2,1H3,(H,20,22)/t13-,14-,17-/m0/s1. The molecule has 0 unspecified atom stereocenters. The summed E-state index contributed by atoms with van der Waals surface area (Å²) in [4.78, 5) is 12.8. The van der Waals surface area contributed by atoms with Crippen molar-refractivity contribution in [2.24, 2.45) is 11.8 Å². The minimum Gasteiger partial charge on any atom is -0.383 e. The molecule has 0 radical (unpaired) electrons. The van der Waals surface area contributed by atoms with Gasteiger partial charge in [-0.15, -0.1) is 0 Å². The fourth-order valence-electron chi connectivity index (χ4n) is 4.47. The van der Waals surface area contributed by atoms with Crippen LogP contribution in [-0.2, 0) is 11.3 Å². The molecular weight excluding hydrogens is 288 g/mol. The average molecular weight is 312 g/mol. The van der Waals surface area contributed by atoms with Crippen LogP contribution in [0.1, 0.15) is 36.0 Å². The number of carbonyl (C=O) groups is 1. The number of aromatic nitrogens is 1. The van der Waals surface area contributed by atoms with Crippen LogP contribution in [0, 0.1) is 11.8 Å². The Labute approximate surface area is 136 Å². The second kappa shape index (κ2) is 6.00. The maximum Gasteiger partial charge on any atom is 0.253 e. The third-order valence-electron chi connectivity index (χ3n) is 5.62. The van der Waals surface area contributed by atoms with Gasteiger partial charge in [0, 0.05) is 36.8 Å². The molecule has 1 N–H and O–H groups in total. The molecule has 0 saturated heterocycles. The quantitative estimate of drug-likeness (QED) is 0.921. The van der Waals surface area contributed by atoms with E-state index < -0.39 is 0 Å². The van der Waals surface area contributed by atoms with Gasteiger partial charge in [0.15, 0.2) is 0 Å². The third-order valence-corrected chi connectivity index (χ3v) is 5.62. The van der Waals surface area contributed by atoms with E-state index in [-0.39, 0.29) is 5.91 Å². The van der Waals surface area contributed by atoms with Crippen LogP contribution in [0.5, 0.6) is 0 Å². The van der Waals surface area contributed by atoms with Gasteiger partial charge in [0.1, 0.15) is 0 Å². The Kier molecular flexibility index (Phi) is 3.85. The van der Waals surface area contributed by atoms with E-state index in [1.54, 1.807) is 7.11 Å². The lowest BCUT2D eigenvalue weighted by molar-refractivity contribution is 0.0924. The number of ether oxygens (including phenoxy) is 1. The highest BCUT2D eigenvalue weighted by Crippen LogP contribution is 2.44. The van der Waals surface area contributed by atoms with Crippen molar-refractivity contribution in [3.05, 3.63) is 36.0 Å². The SMILES string of the molecule is COCCn1cc(C(=O)N[C@H]2C[C@H]3CC[C@H]2C3)c2ccccc21. The van der Waals surface area contributed by atoms with Gasteiger partial charge in [-0.25, -0.2) is 0 Å². The number of hydrogen-bond donors (Lipinski definition) is 1. The largest absolute Gasteiger partial charge is 0.383 e. The van der Waals surface area contributed by atoms with E-state index in [9.17, 15) is 4.79 Å². The number of hydrogen-bond acceptors (Lipinski definition) is 2. The Bertz CT molecular complexity index is 721. The van der Waals surface area contributed by atoms with Gasteiger partial charge in [-0.1, -0.05) is 24.6 Å².